The Morgan fingerprint density at radius 3 is 2.80 bits per heavy atom. The van der Waals surface area contributed by atoms with Crippen LogP contribution in [0.4, 0.5) is 4.39 Å². The number of rotatable bonds is 2. The van der Waals surface area contributed by atoms with Gasteiger partial charge in [-0.1, -0.05) is 12.1 Å². The quantitative estimate of drug-likeness (QED) is 0.690. The number of para-hydroxylation sites is 1. The highest BCUT2D eigenvalue weighted by Crippen LogP contribution is 2.26. The van der Waals surface area contributed by atoms with Gasteiger partial charge in [-0.25, -0.2) is 4.39 Å². The smallest absolute Gasteiger partial charge is 0.147 e. The zero-order valence-corrected chi connectivity index (χ0v) is 8.75. The molecule has 0 aliphatic carbocycles. The largest absolute Gasteiger partial charge is 0.345 e. The van der Waals surface area contributed by atoms with Gasteiger partial charge in [-0.15, -0.1) is 0 Å². The van der Waals surface area contributed by atoms with E-state index in [0.29, 0.717) is 11.9 Å². The molecular formula is C12H12FNO. The molecule has 0 atom stereocenters. The molecule has 0 aliphatic rings. The van der Waals surface area contributed by atoms with Gasteiger partial charge in [-0.3, -0.25) is 0 Å². The van der Waals surface area contributed by atoms with Gasteiger partial charge >= 0.3 is 0 Å². The third kappa shape index (κ3) is 1.35. The van der Waals surface area contributed by atoms with E-state index in [1.54, 1.807) is 17.7 Å². The number of hydrogen-bond donors (Lipinski definition) is 0. The zero-order valence-electron chi connectivity index (χ0n) is 8.75. The van der Waals surface area contributed by atoms with Crippen molar-refractivity contribution >= 4 is 17.2 Å². The number of aromatic nitrogens is 1. The van der Waals surface area contributed by atoms with Gasteiger partial charge in [0, 0.05) is 24.5 Å². The summed E-state index contributed by atoms with van der Waals surface area (Å²) in [7, 11) is 1.79. The lowest BCUT2D eigenvalue weighted by Gasteiger charge is -2.01. The molecule has 0 N–H and O–H groups in total. The Bertz CT molecular complexity index is 528. The maximum Gasteiger partial charge on any atom is 0.147 e. The molecule has 0 fully saturated rings. The molecule has 0 saturated heterocycles. The summed E-state index contributed by atoms with van der Waals surface area (Å²) in [6.07, 6.45) is 1.18. The van der Waals surface area contributed by atoms with E-state index in [0.717, 1.165) is 22.9 Å². The van der Waals surface area contributed by atoms with Crippen LogP contribution in [0, 0.1) is 12.7 Å². The molecule has 0 bridgehead atoms. The Kier molecular flexibility index (Phi) is 2.31. The molecule has 3 heteroatoms. The monoisotopic (exact) mass is 205 g/mol. The third-order valence-corrected chi connectivity index (χ3v) is 2.84. The predicted octanol–water partition coefficient (Wildman–Crippen LogP) is 2.37. The van der Waals surface area contributed by atoms with Crippen LogP contribution >= 0.6 is 0 Å². The summed E-state index contributed by atoms with van der Waals surface area (Å²) in [4.78, 5) is 10.5. The number of carbonyl (C=O) groups is 1. The van der Waals surface area contributed by atoms with Gasteiger partial charge in [-0.05, 0) is 18.6 Å². The molecule has 0 saturated carbocycles. The van der Waals surface area contributed by atoms with Gasteiger partial charge in [0.1, 0.15) is 12.1 Å². The third-order valence-electron chi connectivity index (χ3n) is 2.84. The lowest BCUT2D eigenvalue weighted by molar-refractivity contribution is -0.107. The van der Waals surface area contributed by atoms with Crippen molar-refractivity contribution in [2.45, 2.75) is 13.3 Å². The van der Waals surface area contributed by atoms with Crippen molar-refractivity contribution < 1.29 is 9.18 Å². The van der Waals surface area contributed by atoms with Crippen LogP contribution in [0.2, 0.25) is 0 Å². The fraction of sp³-hybridized carbons (Fsp3) is 0.250. The molecule has 0 radical (unpaired) electrons. The molecule has 2 aromatic rings. The molecule has 2 nitrogen and oxygen atoms in total. The second-order valence-electron chi connectivity index (χ2n) is 3.64. The molecule has 1 heterocycles. The average Bonchev–Trinajstić information content (AvgIpc) is 2.45. The van der Waals surface area contributed by atoms with Crippen LogP contribution in [0.25, 0.3) is 10.9 Å². The van der Waals surface area contributed by atoms with Crippen LogP contribution in [0.5, 0.6) is 0 Å². The summed E-state index contributed by atoms with van der Waals surface area (Å²) >= 11 is 0. The maximum absolute atomic E-state index is 13.6. The number of aryl methyl sites for hydroxylation is 2. The van der Waals surface area contributed by atoms with Crippen LogP contribution in [0.3, 0.4) is 0 Å². The molecule has 0 amide bonds. The van der Waals surface area contributed by atoms with E-state index in [-0.39, 0.29) is 5.82 Å². The molecule has 0 unspecified atom stereocenters. The van der Waals surface area contributed by atoms with Crippen molar-refractivity contribution in [3.63, 3.8) is 0 Å². The minimum Gasteiger partial charge on any atom is -0.345 e. The minimum atomic E-state index is -0.241. The number of nitrogens with zero attached hydrogens (tertiary/aromatic N) is 1. The van der Waals surface area contributed by atoms with Gasteiger partial charge < -0.3 is 9.36 Å². The van der Waals surface area contributed by atoms with Crippen molar-refractivity contribution in [2.24, 2.45) is 7.05 Å². The number of fused-ring (bicyclic) bond motifs is 1. The molecule has 0 spiro atoms. The summed E-state index contributed by atoms with van der Waals surface area (Å²) in [6.45, 7) is 1.92. The molecule has 2 rings (SSSR count). The zero-order chi connectivity index (χ0) is 11.0. The summed E-state index contributed by atoms with van der Waals surface area (Å²) in [5.41, 5.74) is 2.44. The van der Waals surface area contributed by atoms with Crippen LogP contribution < -0.4 is 0 Å². The first-order chi connectivity index (χ1) is 7.16. The van der Waals surface area contributed by atoms with E-state index in [1.165, 1.54) is 6.07 Å². The van der Waals surface area contributed by atoms with Gasteiger partial charge in [0.2, 0.25) is 0 Å². The first kappa shape index (κ1) is 9.90. The lowest BCUT2D eigenvalue weighted by atomic mass is 10.1. The van der Waals surface area contributed by atoms with Crippen molar-refractivity contribution in [3.05, 3.63) is 35.3 Å². The highest BCUT2D eigenvalue weighted by Gasteiger charge is 2.13. The fourth-order valence-corrected chi connectivity index (χ4v) is 2.07. The number of aldehydes is 1. The normalized spacial score (nSPS) is 10.9. The van der Waals surface area contributed by atoms with Crippen LogP contribution in [0.1, 0.15) is 11.3 Å². The van der Waals surface area contributed by atoms with Crippen LogP contribution in [-0.4, -0.2) is 10.9 Å². The van der Waals surface area contributed by atoms with E-state index in [9.17, 15) is 9.18 Å². The lowest BCUT2D eigenvalue weighted by Crippen LogP contribution is -1.99. The highest BCUT2D eigenvalue weighted by molar-refractivity contribution is 5.86. The minimum absolute atomic E-state index is 0.241. The van der Waals surface area contributed by atoms with Crippen LogP contribution in [-0.2, 0) is 18.3 Å². The van der Waals surface area contributed by atoms with Gasteiger partial charge in [-0.2, -0.15) is 0 Å². The molecule has 1 aromatic carbocycles. The maximum atomic E-state index is 13.6. The Morgan fingerprint density at radius 1 is 1.47 bits per heavy atom. The number of benzene rings is 1. The number of halogens is 1. The fourth-order valence-electron chi connectivity index (χ4n) is 2.07. The van der Waals surface area contributed by atoms with Gasteiger partial charge in [0.15, 0.2) is 0 Å². The van der Waals surface area contributed by atoms with Crippen molar-refractivity contribution in [1.82, 2.24) is 4.57 Å². The standard InChI is InChI=1S/C12H12FNO/c1-8-9-4-3-5-10(13)12(9)14(2)11(8)6-7-15/h3-5,7H,6H2,1-2H3. The van der Waals surface area contributed by atoms with E-state index in [1.807, 2.05) is 13.0 Å². The number of hydrogen-bond acceptors (Lipinski definition) is 1. The average molecular weight is 205 g/mol. The first-order valence-corrected chi connectivity index (χ1v) is 4.82. The first-order valence-electron chi connectivity index (χ1n) is 4.82. The Hall–Kier alpha value is -1.64. The van der Waals surface area contributed by atoms with E-state index < -0.39 is 0 Å². The second kappa shape index (κ2) is 3.50. The second-order valence-corrected chi connectivity index (χ2v) is 3.64. The predicted molar refractivity (Wildman–Crippen MR) is 57.4 cm³/mol. The summed E-state index contributed by atoms with van der Waals surface area (Å²) in [5.74, 6) is -0.241. The molecule has 0 aliphatic heterocycles. The summed E-state index contributed by atoms with van der Waals surface area (Å²) in [5, 5.41) is 0.884. The Morgan fingerprint density at radius 2 is 2.20 bits per heavy atom. The summed E-state index contributed by atoms with van der Waals surface area (Å²) < 4.78 is 15.3. The topological polar surface area (TPSA) is 22.0 Å². The molecule has 15 heavy (non-hydrogen) atoms. The van der Waals surface area contributed by atoms with E-state index in [2.05, 4.69) is 0 Å². The molecule has 1 aromatic heterocycles. The van der Waals surface area contributed by atoms with Gasteiger partial charge in [0.25, 0.3) is 0 Å². The molecule has 78 valence electrons. The number of carbonyl (C=O) groups excluding carboxylic acids is 1. The van der Waals surface area contributed by atoms with E-state index in [4.69, 9.17) is 0 Å². The SMILES string of the molecule is Cc1c(CC=O)n(C)c2c(F)cccc12. The van der Waals surface area contributed by atoms with Crippen molar-refractivity contribution in [1.29, 1.82) is 0 Å². The van der Waals surface area contributed by atoms with Gasteiger partial charge in [0.05, 0.1) is 5.52 Å². The van der Waals surface area contributed by atoms with E-state index >= 15 is 0 Å². The Labute approximate surface area is 87.3 Å². The summed E-state index contributed by atoms with van der Waals surface area (Å²) in [6, 6.07) is 5.00. The van der Waals surface area contributed by atoms with Crippen LogP contribution in [0.15, 0.2) is 18.2 Å². The van der Waals surface area contributed by atoms with Crippen molar-refractivity contribution in [3.8, 4) is 0 Å². The highest BCUT2D eigenvalue weighted by atomic mass is 19.1. The van der Waals surface area contributed by atoms with Crippen molar-refractivity contribution in [2.75, 3.05) is 0 Å². The molecular weight excluding hydrogens is 193 g/mol. The Balaban J connectivity index is 2.85.